The highest BCUT2D eigenvalue weighted by atomic mass is 32.2. The molecule has 0 radical (unpaired) electrons. The van der Waals surface area contributed by atoms with Gasteiger partial charge in [-0.3, -0.25) is 9.59 Å². The molecule has 7 fully saturated rings. The molecular weight excluding hydrogens is 1610 g/mol. The van der Waals surface area contributed by atoms with Gasteiger partial charge in [0.05, 0.1) is 55.9 Å². The minimum atomic E-state index is -0.414. The summed E-state index contributed by atoms with van der Waals surface area (Å²) in [4.78, 5) is 53.7. The number of aryl methyl sites for hydroxylation is 4. The third-order valence-corrected chi connectivity index (χ3v) is 34.9. The first-order valence-corrected chi connectivity index (χ1v) is 49.6. The predicted octanol–water partition coefficient (Wildman–Crippen LogP) is 27.8. The van der Waals surface area contributed by atoms with Crippen LogP contribution < -0.4 is 9.47 Å². The van der Waals surface area contributed by atoms with Gasteiger partial charge >= 0.3 is 17.9 Å². The van der Waals surface area contributed by atoms with Gasteiger partial charge in [0.2, 0.25) is 0 Å². The van der Waals surface area contributed by atoms with Crippen molar-refractivity contribution < 1.29 is 33.3 Å². The Labute approximate surface area is 754 Å². The summed E-state index contributed by atoms with van der Waals surface area (Å²) in [5, 5.41) is 2.64. The zero-order valence-corrected chi connectivity index (χ0v) is 78.0. The lowest BCUT2D eigenvalue weighted by Gasteiger charge is -2.56. The average molecular weight is 1730 g/mol. The first kappa shape index (κ1) is 88.2. The molecule has 0 N–H and O–H groups in total. The van der Waals surface area contributed by atoms with Gasteiger partial charge in [-0.2, -0.15) is 0 Å². The standard InChI is InChI=1S/C32H35O2S.C30H29O5S.C30H39S.C22H17S/c1-22-13-29(35(27-9-5-3-6-10-27)28-11-7-4-8-12-28)14-23(2)31(22)34-30(33)21-32-18-24-15-25(19-32)17-26(16-24)20-32;1-18-13-23(36(21-9-5-3-6-10-21)22-11-7-4-8-12-22)14-19(2)27(18)33-17-26(31)34-28-20-15-24-25(16-20)30(32)35-29(24)28;1-28(2,3)22-10-16-25(17-11-22)31(26-18-12-23(13-19-26)29(4,5)6)27-20-14-24(15-21-27)30(7,8)9;1-3-12-19(13-4-1)23(20-14-5-2-6-15-20)22-17-9-11-18-10-7-8-16-21(18)22/h3-14,24-26H,15-21H2,1-2H3;3-14,20,24-25,28-29H,15-17H2,1-2H3;10-21H,1-9H3;1-17H/q4*+1. The quantitative estimate of drug-likeness (QED) is 0.0453. The number of rotatable bonds is 19. The fraction of sp³-hybridized carbons (Fsp3) is 0.307. The maximum atomic E-state index is 13.2. The van der Waals surface area contributed by atoms with Crippen molar-refractivity contribution in [2.45, 2.75) is 235 Å². The van der Waals surface area contributed by atoms with Crippen LogP contribution in [-0.4, -0.2) is 36.7 Å². The molecule has 638 valence electrons. The molecule has 125 heavy (non-hydrogen) atoms. The number of fused-ring (bicyclic) bond motifs is 2. The highest BCUT2D eigenvalue weighted by Crippen LogP contribution is 2.62. The third kappa shape index (κ3) is 20.4. The molecule has 1 aliphatic heterocycles. The molecule has 20 rings (SSSR count). The molecule has 7 aliphatic rings. The summed E-state index contributed by atoms with van der Waals surface area (Å²) in [6.07, 6.45) is 9.57. The van der Waals surface area contributed by atoms with Crippen LogP contribution in [-0.2, 0) is 83.7 Å². The molecule has 1 heterocycles. The lowest BCUT2D eigenvalue weighted by atomic mass is 9.49. The summed E-state index contributed by atoms with van der Waals surface area (Å²) in [5.41, 5.74) is 8.90. The van der Waals surface area contributed by atoms with Crippen molar-refractivity contribution in [2.24, 2.45) is 40.9 Å². The summed E-state index contributed by atoms with van der Waals surface area (Å²) >= 11 is 0. The Morgan fingerprint density at radius 1 is 0.368 bits per heavy atom. The first-order valence-electron chi connectivity index (χ1n) is 44.7. The molecule has 1 saturated heterocycles. The lowest BCUT2D eigenvalue weighted by molar-refractivity contribution is -0.163. The van der Waals surface area contributed by atoms with Crippen LogP contribution in [0.15, 0.2) is 380 Å². The van der Waals surface area contributed by atoms with E-state index in [4.69, 9.17) is 18.9 Å². The van der Waals surface area contributed by atoms with E-state index in [-0.39, 0.29) is 114 Å². The van der Waals surface area contributed by atoms with Gasteiger partial charge in [0.25, 0.3) is 0 Å². The van der Waals surface area contributed by atoms with Gasteiger partial charge in [0, 0.05) is 41.5 Å². The molecule has 11 heteroatoms. The summed E-state index contributed by atoms with van der Waals surface area (Å²) in [6, 6.07) is 116. The number of benzene rings is 13. The summed E-state index contributed by atoms with van der Waals surface area (Å²) in [5.74, 6) is 3.89. The second-order valence-corrected chi connectivity index (χ2v) is 46.5. The SMILES string of the molecule is CC(C)(C)c1ccc([S+](c2ccc(C(C)(C)C)cc2)c2ccc(C(C)(C)C)cc2)cc1.Cc1cc([S+](c2ccccc2)c2ccccc2)cc(C)c1OC(=O)CC12CC3CC(CC(C3)C1)C2.Cc1cc([S+](c2ccccc2)c2ccccc2)cc(C)c1OCC(=O)OC1C2CC3C(=O)OC1C3C2.c1ccc([S+](c2ccccc2)c2cccc3ccccc23)cc1. The van der Waals surface area contributed by atoms with E-state index in [2.05, 4.69) is 386 Å². The van der Waals surface area contributed by atoms with Gasteiger partial charge in [-0.15, -0.1) is 0 Å². The lowest BCUT2D eigenvalue weighted by Crippen LogP contribution is -2.47. The van der Waals surface area contributed by atoms with Crippen molar-refractivity contribution in [3.63, 3.8) is 0 Å². The van der Waals surface area contributed by atoms with Crippen LogP contribution in [0.4, 0.5) is 0 Å². The van der Waals surface area contributed by atoms with Gasteiger partial charge in [-0.1, -0.05) is 238 Å². The smallest absolute Gasteiger partial charge is 0.344 e. The Balaban J connectivity index is 0.000000124. The van der Waals surface area contributed by atoms with E-state index in [1.807, 2.05) is 26.0 Å². The van der Waals surface area contributed by atoms with Crippen LogP contribution in [0.1, 0.15) is 159 Å². The van der Waals surface area contributed by atoms with Crippen molar-refractivity contribution in [1.29, 1.82) is 0 Å². The molecular formula is C114H120O7S4+4. The molecule has 7 nitrogen and oxygen atoms in total. The fourth-order valence-electron chi connectivity index (χ4n) is 20.4. The second kappa shape index (κ2) is 38.1. The minimum Gasteiger partial charge on any atom is -0.481 e. The molecule has 13 aromatic rings. The van der Waals surface area contributed by atoms with Gasteiger partial charge in [-0.25, -0.2) is 4.79 Å². The number of esters is 3. The second-order valence-electron chi connectivity index (χ2n) is 38.4. The Hall–Kier alpha value is -10.3. The topological polar surface area (TPSA) is 88.1 Å². The van der Waals surface area contributed by atoms with Gasteiger partial charge < -0.3 is 18.9 Å². The van der Waals surface area contributed by atoms with E-state index in [0.29, 0.717) is 12.2 Å². The van der Waals surface area contributed by atoms with Crippen molar-refractivity contribution in [1.82, 2.24) is 0 Å². The van der Waals surface area contributed by atoms with Crippen LogP contribution in [0.2, 0.25) is 0 Å². The molecule has 6 aliphatic carbocycles. The van der Waals surface area contributed by atoms with E-state index in [9.17, 15) is 14.4 Å². The van der Waals surface area contributed by atoms with Crippen molar-refractivity contribution in [3.8, 4) is 11.5 Å². The summed E-state index contributed by atoms with van der Waals surface area (Å²) in [7, 11) is -0.668. The minimum absolute atomic E-state index is 0.00586. The molecule has 0 spiro atoms. The van der Waals surface area contributed by atoms with Crippen molar-refractivity contribution >= 4 is 72.3 Å². The molecule has 5 atom stereocenters. The number of hydrogen-bond acceptors (Lipinski definition) is 7. The molecule has 6 saturated carbocycles. The maximum Gasteiger partial charge on any atom is 0.344 e. The predicted molar refractivity (Wildman–Crippen MR) is 514 cm³/mol. The van der Waals surface area contributed by atoms with Crippen molar-refractivity contribution in [2.75, 3.05) is 6.61 Å². The number of hydrogen-bond donors (Lipinski definition) is 0. The van der Waals surface area contributed by atoms with Crippen LogP contribution in [0.3, 0.4) is 0 Å². The Kier molecular flexibility index (Phi) is 26.9. The number of carbonyl (C=O) groups excluding carboxylic acids is 3. The highest BCUT2D eigenvalue weighted by molar-refractivity contribution is 7.98. The van der Waals surface area contributed by atoms with E-state index in [1.165, 1.54) is 125 Å². The zero-order chi connectivity index (χ0) is 87.3. The van der Waals surface area contributed by atoms with Gasteiger partial charge in [0.1, 0.15) is 23.7 Å². The summed E-state index contributed by atoms with van der Waals surface area (Å²) in [6.45, 7) is 28.5. The molecule has 13 aromatic carbocycles. The Bertz CT molecular complexity index is 5520. The van der Waals surface area contributed by atoms with Gasteiger partial charge in [-0.05, 0) is 284 Å². The highest BCUT2D eigenvalue weighted by Gasteiger charge is 2.63. The number of ether oxygens (including phenoxy) is 4. The van der Waals surface area contributed by atoms with Crippen LogP contribution >= 0.6 is 0 Å². The molecule has 5 unspecified atom stereocenters. The van der Waals surface area contributed by atoms with Crippen LogP contribution in [0.25, 0.3) is 10.8 Å². The number of carbonyl (C=O) groups is 3. The molecule has 6 bridgehead atoms. The van der Waals surface area contributed by atoms with E-state index >= 15 is 0 Å². The van der Waals surface area contributed by atoms with E-state index in [0.717, 1.165) is 58.6 Å². The monoisotopic (exact) mass is 1730 g/mol. The largest absolute Gasteiger partial charge is 0.481 e. The average Bonchev–Trinajstić information content (AvgIpc) is 1.58. The molecule has 0 amide bonds. The Morgan fingerprint density at radius 3 is 1.09 bits per heavy atom. The molecule has 0 aromatic heterocycles. The third-order valence-electron chi connectivity index (χ3n) is 26.0. The summed E-state index contributed by atoms with van der Waals surface area (Å²) < 4.78 is 23.4. The Morgan fingerprint density at radius 2 is 0.704 bits per heavy atom. The fourth-order valence-corrected chi connectivity index (χ4v) is 29.2. The van der Waals surface area contributed by atoms with E-state index in [1.54, 1.807) is 0 Å². The van der Waals surface area contributed by atoms with Crippen LogP contribution in [0.5, 0.6) is 11.5 Å². The van der Waals surface area contributed by atoms with E-state index < -0.39 is 5.97 Å². The van der Waals surface area contributed by atoms with Crippen LogP contribution in [0, 0.1) is 68.6 Å². The zero-order valence-electron chi connectivity index (χ0n) is 74.8. The first-order chi connectivity index (χ1) is 60.2. The maximum absolute atomic E-state index is 13.2. The normalized spacial score (nSPS) is 20.2. The van der Waals surface area contributed by atoms with Crippen molar-refractivity contribution in [3.05, 3.63) is 360 Å². The van der Waals surface area contributed by atoms with Gasteiger partial charge in [0.15, 0.2) is 65.4 Å².